The summed E-state index contributed by atoms with van der Waals surface area (Å²) in [4.78, 5) is 2.11. The van der Waals surface area contributed by atoms with E-state index in [4.69, 9.17) is 11.0 Å². The second-order valence-electron chi connectivity index (χ2n) is 4.75. The molecule has 0 aliphatic rings. The lowest BCUT2D eigenvalue weighted by Gasteiger charge is -2.16. The van der Waals surface area contributed by atoms with Crippen LogP contribution < -0.4 is 10.6 Å². The van der Waals surface area contributed by atoms with Crippen LogP contribution in [0.5, 0.6) is 0 Å². The van der Waals surface area contributed by atoms with E-state index < -0.39 is 0 Å². The Morgan fingerprint density at radius 3 is 2.59 bits per heavy atom. The van der Waals surface area contributed by atoms with E-state index in [9.17, 15) is 5.26 Å². The summed E-state index contributed by atoms with van der Waals surface area (Å²) >= 11 is 0. The first-order valence-electron chi connectivity index (χ1n) is 6.78. The van der Waals surface area contributed by atoms with Gasteiger partial charge in [0.25, 0.3) is 0 Å². The summed E-state index contributed by atoms with van der Waals surface area (Å²) in [5.41, 5.74) is 8.41. The lowest BCUT2D eigenvalue weighted by Crippen LogP contribution is -2.15. The van der Waals surface area contributed by atoms with Gasteiger partial charge < -0.3 is 10.6 Å². The number of hydrogen-bond donors (Lipinski definition) is 2. The third-order valence-corrected chi connectivity index (χ3v) is 3.42. The minimum absolute atomic E-state index is 0.0959. The molecule has 1 heterocycles. The zero-order valence-corrected chi connectivity index (χ0v) is 12.5. The van der Waals surface area contributed by atoms with Gasteiger partial charge in [-0.25, -0.2) is 0 Å². The van der Waals surface area contributed by atoms with Gasteiger partial charge in [0.1, 0.15) is 17.7 Å². The summed E-state index contributed by atoms with van der Waals surface area (Å²) < 4.78 is 0. The molecular weight excluding hydrogens is 276 g/mol. The Labute approximate surface area is 129 Å². The van der Waals surface area contributed by atoms with Crippen LogP contribution in [0.15, 0.2) is 24.3 Å². The van der Waals surface area contributed by atoms with Gasteiger partial charge in [0.15, 0.2) is 5.82 Å². The average Bonchev–Trinajstić information content (AvgIpc) is 2.93. The monoisotopic (exact) mass is 292 g/mol. The predicted molar refractivity (Wildman–Crippen MR) is 86.6 cm³/mol. The Morgan fingerprint density at radius 1 is 1.36 bits per heavy atom. The topological polar surface area (TPSA) is 106 Å². The molecule has 0 bridgehead atoms. The van der Waals surface area contributed by atoms with Crippen molar-refractivity contribution in [2.75, 3.05) is 24.2 Å². The third-order valence-electron chi connectivity index (χ3n) is 3.42. The lowest BCUT2D eigenvalue weighted by molar-refractivity contribution is 0.968. The number of nitriles is 2. The zero-order chi connectivity index (χ0) is 16.1. The van der Waals surface area contributed by atoms with Gasteiger partial charge in [0.2, 0.25) is 0 Å². The van der Waals surface area contributed by atoms with Crippen molar-refractivity contribution in [2.24, 2.45) is 0 Å². The van der Waals surface area contributed by atoms with Crippen LogP contribution in [0.1, 0.15) is 23.7 Å². The number of H-pyrrole nitrogens is 1. The summed E-state index contributed by atoms with van der Waals surface area (Å²) in [6, 6.07) is 11.8. The number of nitrogens with one attached hydrogen (secondary N) is 1. The smallest absolute Gasteiger partial charge is 0.163 e. The van der Waals surface area contributed by atoms with Gasteiger partial charge in [-0.15, -0.1) is 0 Å². The van der Waals surface area contributed by atoms with Crippen LogP contribution in [0, 0.1) is 22.7 Å². The molecule has 6 heteroatoms. The molecule has 2 aromatic rings. The number of benzene rings is 1. The van der Waals surface area contributed by atoms with Crippen molar-refractivity contribution >= 4 is 23.2 Å². The lowest BCUT2D eigenvalue weighted by atomic mass is 10.1. The summed E-state index contributed by atoms with van der Waals surface area (Å²) in [7, 11) is 2.01. The summed E-state index contributed by atoms with van der Waals surface area (Å²) in [6.45, 7) is 2.99. The van der Waals surface area contributed by atoms with E-state index in [2.05, 4.69) is 28.1 Å². The fourth-order valence-electron chi connectivity index (χ4n) is 2.00. The van der Waals surface area contributed by atoms with Crippen molar-refractivity contribution in [3.8, 4) is 12.1 Å². The van der Waals surface area contributed by atoms with Crippen molar-refractivity contribution in [3.05, 3.63) is 41.1 Å². The van der Waals surface area contributed by atoms with Crippen molar-refractivity contribution in [2.45, 2.75) is 6.92 Å². The number of nitrogen functional groups attached to an aromatic ring is 1. The Balaban J connectivity index is 2.38. The van der Waals surface area contributed by atoms with Crippen LogP contribution in [0.25, 0.3) is 11.6 Å². The summed E-state index contributed by atoms with van der Waals surface area (Å²) in [5.74, 6) is 0.0959. The highest BCUT2D eigenvalue weighted by Gasteiger charge is 2.14. The van der Waals surface area contributed by atoms with E-state index in [1.165, 1.54) is 0 Å². The Bertz CT molecular complexity index is 770. The molecule has 3 N–H and O–H groups in total. The number of anilines is 2. The van der Waals surface area contributed by atoms with E-state index in [0.717, 1.165) is 17.8 Å². The maximum Gasteiger partial charge on any atom is 0.163 e. The highest BCUT2D eigenvalue weighted by atomic mass is 15.2. The molecule has 2 rings (SSSR count). The highest BCUT2D eigenvalue weighted by molar-refractivity contribution is 5.91. The van der Waals surface area contributed by atoms with Crippen LogP contribution in [0.2, 0.25) is 0 Å². The van der Waals surface area contributed by atoms with Gasteiger partial charge in [-0.1, -0.05) is 12.1 Å². The standard InChI is InChI=1S/C16H16N6/c1-3-22(2)13-6-4-11(5-7-13)8-12(9-17)15-14(10-18)16(19)21-20-15/h4-8H,3H2,1-2H3,(H3,19,20,21)/b12-8-. The maximum absolute atomic E-state index is 9.33. The molecule has 6 nitrogen and oxygen atoms in total. The number of allylic oxidation sites excluding steroid dienone is 1. The number of nitrogens with zero attached hydrogens (tertiary/aromatic N) is 4. The van der Waals surface area contributed by atoms with Crippen molar-refractivity contribution < 1.29 is 0 Å². The number of aromatic nitrogens is 2. The first-order chi connectivity index (χ1) is 10.6. The van der Waals surface area contributed by atoms with Crippen LogP contribution >= 0.6 is 0 Å². The average molecular weight is 292 g/mol. The molecule has 22 heavy (non-hydrogen) atoms. The molecule has 0 atom stereocenters. The van der Waals surface area contributed by atoms with Gasteiger partial charge in [-0.3, -0.25) is 5.10 Å². The Hall–Kier alpha value is -3.25. The van der Waals surface area contributed by atoms with E-state index >= 15 is 0 Å². The molecule has 0 fully saturated rings. The minimum atomic E-state index is 0.0959. The second-order valence-corrected chi connectivity index (χ2v) is 4.75. The Kier molecular flexibility index (Phi) is 4.45. The van der Waals surface area contributed by atoms with Gasteiger partial charge in [-0.2, -0.15) is 15.6 Å². The van der Waals surface area contributed by atoms with Crippen LogP contribution in [0.3, 0.4) is 0 Å². The van der Waals surface area contributed by atoms with Gasteiger partial charge in [0.05, 0.1) is 11.3 Å². The molecule has 0 aliphatic heterocycles. The quantitative estimate of drug-likeness (QED) is 0.842. The molecule has 0 saturated heterocycles. The minimum Gasteiger partial charge on any atom is -0.381 e. The first-order valence-corrected chi connectivity index (χ1v) is 6.78. The molecule has 0 amide bonds. The first kappa shape index (κ1) is 15.1. The molecule has 0 spiro atoms. The van der Waals surface area contributed by atoms with E-state index in [1.54, 1.807) is 6.08 Å². The van der Waals surface area contributed by atoms with E-state index in [-0.39, 0.29) is 11.4 Å². The SMILES string of the molecule is CCN(C)c1ccc(/C=C(/C#N)c2[nH]nc(N)c2C#N)cc1. The second kappa shape index (κ2) is 6.47. The van der Waals surface area contributed by atoms with Crippen molar-refractivity contribution in [1.29, 1.82) is 10.5 Å². The fraction of sp³-hybridized carbons (Fsp3) is 0.188. The van der Waals surface area contributed by atoms with Crippen LogP contribution in [-0.2, 0) is 0 Å². The predicted octanol–water partition coefficient (Wildman–Crippen LogP) is 2.38. The normalized spacial score (nSPS) is 10.8. The molecule has 110 valence electrons. The fourth-order valence-corrected chi connectivity index (χ4v) is 2.00. The molecule has 0 radical (unpaired) electrons. The van der Waals surface area contributed by atoms with E-state index in [0.29, 0.717) is 11.3 Å². The largest absolute Gasteiger partial charge is 0.381 e. The third kappa shape index (κ3) is 2.92. The van der Waals surface area contributed by atoms with Gasteiger partial charge >= 0.3 is 0 Å². The number of nitrogens with two attached hydrogens (primary N) is 1. The molecule has 0 saturated carbocycles. The van der Waals surface area contributed by atoms with Crippen LogP contribution in [0.4, 0.5) is 11.5 Å². The maximum atomic E-state index is 9.33. The number of rotatable bonds is 4. The molecule has 0 aliphatic carbocycles. The van der Waals surface area contributed by atoms with Crippen molar-refractivity contribution in [3.63, 3.8) is 0 Å². The molecule has 0 unspecified atom stereocenters. The van der Waals surface area contributed by atoms with Gasteiger partial charge in [0, 0.05) is 19.3 Å². The highest BCUT2D eigenvalue weighted by Crippen LogP contribution is 2.23. The van der Waals surface area contributed by atoms with Crippen LogP contribution in [-0.4, -0.2) is 23.8 Å². The zero-order valence-electron chi connectivity index (χ0n) is 12.5. The Morgan fingerprint density at radius 2 is 2.05 bits per heavy atom. The van der Waals surface area contributed by atoms with Gasteiger partial charge in [-0.05, 0) is 30.7 Å². The van der Waals surface area contributed by atoms with Crippen molar-refractivity contribution in [1.82, 2.24) is 10.2 Å². The summed E-state index contributed by atoms with van der Waals surface area (Å²) in [5, 5.41) is 24.8. The number of aromatic amines is 1. The molecule has 1 aromatic heterocycles. The molecule has 1 aromatic carbocycles. The summed E-state index contributed by atoms with van der Waals surface area (Å²) in [6.07, 6.45) is 1.70. The van der Waals surface area contributed by atoms with E-state index in [1.807, 2.05) is 37.4 Å². The molecular formula is C16H16N6. The number of hydrogen-bond acceptors (Lipinski definition) is 5.